The molecule has 3 aliphatic rings. The lowest BCUT2D eigenvalue weighted by atomic mass is 9.73. The lowest BCUT2D eigenvalue weighted by Gasteiger charge is -2.38. The highest BCUT2D eigenvalue weighted by atomic mass is 16.6. The first-order valence-electron chi connectivity index (χ1n) is 9.83. The first-order chi connectivity index (χ1) is 13.4. The van der Waals surface area contributed by atoms with Crippen LogP contribution in [0.15, 0.2) is 29.5 Å². The molecule has 2 aliphatic heterocycles. The van der Waals surface area contributed by atoms with E-state index in [0.717, 1.165) is 41.2 Å². The minimum Gasteiger partial charge on any atom is -0.486 e. The maximum Gasteiger partial charge on any atom is 0.226 e. The summed E-state index contributed by atoms with van der Waals surface area (Å²) in [6, 6.07) is 5.58. The van der Waals surface area contributed by atoms with Crippen molar-refractivity contribution in [3.8, 4) is 11.5 Å². The Morgan fingerprint density at radius 3 is 2.79 bits per heavy atom. The van der Waals surface area contributed by atoms with Gasteiger partial charge in [-0.2, -0.15) is 10.1 Å². The summed E-state index contributed by atoms with van der Waals surface area (Å²) in [6.07, 6.45) is 2.07. The number of nitrogens with one attached hydrogen (secondary N) is 1. The summed E-state index contributed by atoms with van der Waals surface area (Å²) in [6.45, 7) is 7.37. The number of nitrogens with zero attached hydrogens (tertiary/aromatic N) is 3. The van der Waals surface area contributed by atoms with Crippen molar-refractivity contribution < 1.29 is 14.3 Å². The summed E-state index contributed by atoms with van der Waals surface area (Å²) in [5.41, 5.74) is 2.63. The molecule has 3 heterocycles. The summed E-state index contributed by atoms with van der Waals surface area (Å²) in [5.74, 6) is 3.07. The molecule has 0 amide bonds. The summed E-state index contributed by atoms with van der Waals surface area (Å²) >= 11 is 0. The normalized spacial score (nSPS) is 22.4. The molecule has 5 rings (SSSR count). The van der Waals surface area contributed by atoms with Crippen LogP contribution in [0.3, 0.4) is 0 Å². The monoisotopic (exact) mass is 380 g/mol. The number of ketones is 1. The summed E-state index contributed by atoms with van der Waals surface area (Å²) in [7, 11) is 0. The van der Waals surface area contributed by atoms with Crippen LogP contribution in [0.2, 0.25) is 0 Å². The Bertz CT molecular complexity index is 1010. The fraction of sp³-hybridized carbons (Fsp3) is 0.476. The molecule has 0 saturated carbocycles. The molecule has 7 heteroatoms. The van der Waals surface area contributed by atoms with Crippen molar-refractivity contribution in [1.29, 1.82) is 0 Å². The van der Waals surface area contributed by atoms with Crippen molar-refractivity contribution in [3.05, 3.63) is 40.9 Å². The topological polar surface area (TPSA) is 78.3 Å². The Morgan fingerprint density at radius 2 is 2.00 bits per heavy atom. The standard InChI is InChI=1S/C21H24N4O3/c1-4-17-23-20-22-13-10-21(2,3)11-14(26)18(13)19(25(20)24-17)12-5-6-15-16(9-12)28-8-7-27-15/h5-6,9,19H,4,7-8,10-11H2,1-3H3,(H,22,23,24). The third kappa shape index (κ3) is 2.68. The van der Waals surface area contributed by atoms with Crippen molar-refractivity contribution in [2.75, 3.05) is 18.5 Å². The second-order valence-corrected chi connectivity index (χ2v) is 8.41. The molecule has 1 unspecified atom stereocenters. The van der Waals surface area contributed by atoms with Gasteiger partial charge in [0.25, 0.3) is 0 Å². The van der Waals surface area contributed by atoms with Crippen LogP contribution in [0, 0.1) is 5.41 Å². The van der Waals surface area contributed by atoms with Gasteiger partial charge in [-0.1, -0.05) is 26.8 Å². The highest BCUT2D eigenvalue weighted by Gasteiger charge is 2.42. The minimum absolute atomic E-state index is 0.0734. The Kier molecular flexibility index (Phi) is 3.76. The van der Waals surface area contributed by atoms with E-state index in [9.17, 15) is 4.79 Å². The van der Waals surface area contributed by atoms with Gasteiger partial charge in [-0.05, 0) is 29.5 Å². The van der Waals surface area contributed by atoms with Gasteiger partial charge in [0, 0.05) is 24.1 Å². The molecular formula is C21H24N4O3. The number of hydrogen-bond acceptors (Lipinski definition) is 6. The fourth-order valence-corrected chi connectivity index (χ4v) is 4.34. The molecule has 0 bridgehead atoms. The predicted octanol–water partition coefficient (Wildman–Crippen LogP) is 3.27. The smallest absolute Gasteiger partial charge is 0.226 e. The van der Waals surface area contributed by atoms with E-state index in [4.69, 9.17) is 9.47 Å². The van der Waals surface area contributed by atoms with Crippen molar-refractivity contribution in [2.45, 2.75) is 46.1 Å². The SMILES string of the molecule is CCc1nc2n(n1)C(c1ccc3c(c1)OCCO3)C1=C(CC(C)(C)CC1=O)N2. The summed E-state index contributed by atoms with van der Waals surface area (Å²) in [4.78, 5) is 17.8. The fourth-order valence-electron chi connectivity index (χ4n) is 4.34. The number of anilines is 1. The van der Waals surface area contributed by atoms with Crippen molar-refractivity contribution >= 4 is 11.7 Å². The third-order valence-corrected chi connectivity index (χ3v) is 5.57. The van der Waals surface area contributed by atoms with Crippen LogP contribution in [0.25, 0.3) is 0 Å². The van der Waals surface area contributed by atoms with E-state index >= 15 is 0 Å². The lowest BCUT2D eigenvalue weighted by Crippen LogP contribution is -2.36. The molecule has 1 atom stereocenters. The highest BCUT2D eigenvalue weighted by molar-refractivity contribution is 6.00. The zero-order valence-electron chi connectivity index (χ0n) is 16.4. The van der Waals surface area contributed by atoms with E-state index in [0.29, 0.717) is 31.3 Å². The van der Waals surface area contributed by atoms with Gasteiger partial charge in [-0.25, -0.2) is 4.68 Å². The van der Waals surface area contributed by atoms with Crippen LogP contribution < -0.4 is 14.8 Å². The Hall–Kier alpha value is -2.83. The zero-order chi connectivity index (χ0) is 19.5. The van der Waals surface area contributed by atoms with Gasteiger partial charge >= 0.3 is 0 Å². The Morgan fingerprint density at radius 1 is 1.21 bits per heavy atom. The van der Waals surface area contributed by atoms with E-state index in [-0.39, 0.29) is 17.2 Å². The number of carbonyl (C=O) groups is 1. The van der Waals surface area contributed by atoms with Crippen LogP contribution in [-0.2, 0) is 11.2 Å². The molecular weight excluding hydrogens is 356 g/mol. The van der Waals surface area contributed by atoms with Gasteiger partial charge in [0.1, 0.15) is 19.3 Å². The first-order valence-corrected chi connectivity index (χ1v) is 9.83. The van der Waals surface area contributed by atoms with E-state index in [1.807, 2.05) is 29.8 Å². The number of hydrogen-bond donors (Lipinski definition) is 1. The first kappa shape index (κ1) is 17.3. The average molecular weight is 380 g/mol. The largest absolute Gasteiger partial charge is 0.486 e. The third-order valence-electron chi connectivity index (χ3n) is 5.57. The number of allylic oxidation sites excluding steroid dienone is 2. The van der Waals surface area contributed by atoms with Crippen molar-refractivity contribution in [1.82, 2.24) is 14.8 Å². The highest BCUT2D eigenvalue weighted by Crippen LogP contribution is 2.46. The van der Waals surface area contributed by atoms with Crippen LogP contribution in [0.1, 0.15) is 51.0 Å². The molecule has 0 radical (unpaired) electrons. The number of rotatable bonds is 2. The van der Waals surface area contributed by atoms with Crippen LogP contribution in [0.5, 0.6) is 11.5 Å². The summed E-state index contributed by atoms with van der Waals surface area (Å²) in [5, 5.41) is 8.08. The van der Waals surface area contributed by atoms with E-state index in [2.05, 4.69) is 29.2 Å². The minimum atomic E-state index is -0.307. The molecule has 146 valence electrons. The predicted molar refractivity (Wildman–Crippen MR) is 104 cm³/mol. The molecule has 1 aromatic heterocycles. The maximum atomic E-state index is 13.2. The van der Waals surface area contributed by atoms with Crippen molar-refractivity contribution in [2.24, 2.45) is 5.41 Å². The number of carbonyl (C=O) groups excluding carboxylic acids is 1. The Labute approximate surface area is 163 Å². The van der Waals surface area contributed by atoms with Crippen molar-refractivity contribution in [3.63, 3.8) is 0 Å². The lowest BCUT2D eigenvalue weighted by molar-refractivity contribution is -0.118. The average Bonchev–Trinajstić information content (AvgIpc) is 3.07. The van der Waals surface area contributed by atoms with Gasteiger partial charge in [-0.15, -0.1) is 0 Å². The molecule has 1 aliphatic carbocycles. The van der Waals surface area contributed by atoms with Gasteiger partial charge in [0.2, 0.25) is 5.95 Å². The second-order valence-electron chi connectivity index (χ2n) is 8.41. The number of ether oxygens (including phenoxy) is 2. The quantitative estimate of drug-likeness (QED) is 0.862. The molecule has 1 aromatic carbocycles. The molecule has 0 fully saturated rings. The number of benzene rings is 1. The number of Topliss-reactive ketones (excluding diaryl/α,β-unsaturated/α-hetero) is 1. The maximum absolute atomic E-state index is 13.2. The molecule has 1 N–H and O–H groups in total. The number of fused-ring (bicyclic) bond motifs is 2. The molecule has 28 heavy (non-hydrogen) atoms. The molecule has 7 nitrogen and oxygen atoms in total. The molecule has 2 aromatic rings. The number of aromatic nitrogens is 3. The van der Waals surface area contributed by atoms with Crippen LogP contribution >= 0.6 is 0 Å². The molecule has 0 spiro atoms. The molecule has 0 saturated heterocycles. The van der Waals surface area contributed by atoms with Gasteiger partial charge in [0.15, 0.2) is 23.1 Å². The Balaban J connectivity index is 1.68. The van der Waals surface area contributed by atoms with E-state index in [1.54, 1.807) is 0 Å². The van der Waals surface area contributed by atoms with Gasteiger partial charge in [0.05, 0.1) is 0 Å². The van der Waals surface area contributed by atoms with Crippen LogP contribution in [-0.4, -0.2) is 33.8 Å². The zero-order valence-corrected chi connectivity index (χ0v) is 16.4. The second kappa shape index (κ2) is 6.09. The van der Waals surface area contributed by atoms with Gasteiger partial charge < -0.3 is 14.8 Å². The van der Waals surface area contributed by atoms with Crippen LogP contribution in [0.4, 0.5) is 5.95 Å². The van der Waals surface area contributed by atoms with E-state index < -0.39 is 0 Å². The van der Waals surface area contributed by atoms with E-state index in [1.165, 1.54) is 0 Å². The summed E-state index contributed by atoms with van der Waals surface area (Å²) < 4.78 is 13.3. The van der Waals surface area contributed by atoms with Gasteiger partial charge in [-0.3, -0.25) is 4.79 Å². The number of aryl methyl sites for hydroxylation is 1.